The zero-order chi connectivity index (χ0) is 37.7. The SMILES string of the molecule is CC(=O)C(C(O)(O)N1C(O)c2c(O)c(OC(O)(O)O)c(OC(O)(O)O)c(O)c2C(O)(O)C1(O)O)C(O)(O)C(O)(C(O)(O)O)C(O)(O)O. The van der Waals surface area contributed by atoms with Gasteiger partial charge in [0.25, 0.3) is 17.3 Å². The molecule has 1 aliphatic heterocycles. The molecule has 272 valence electrons. The highest BCUT2D eigenvalue weighted by Crippen LogP contribution is 2.60. The molecular formula is C19H29NO27. The Kier molecular flexibility index (Phi) is 9.53. The molecule has 2 atom stereocenters. The normalized spacial score (nSPS) is 20.4. The molecule has 0 radical (unpaired) electrons. The minimum atomic E-state index is -5.67. The second kappa shape index (κ2) is 11.1. The van der Waals surface area contributed by atoms with Crippen molar-refractivity contribution >= 4 is 5.78 Å². The van der Waals surface area contributed by atoms with Gasteiger partial charge in [0.2, 0.25) is 23.2 Å². The van der Waals surface area contributed by atoms with Gasteiger partial charge in [-0.2, -0.15) is 4.90 Å². The van der Waals surface area contributed by atoms with Gasteiger partial charge in [-0.3, -0.25) is 4.79 Å². The number of Topliss-reactive ketones (excluding diaryl/α,β-unsaturated/α-hetero) is 1. The van der Waals surface area contributed by atoms with Crippen molar-refractivity contribution < 1.29 is 137 Å². The molecule has 24 N–H and O–H groups in total. The highest BCUT2D eigenvalue weighted by molar-refractivity contribution is 5.80. The Morgan fingerprint density at radius 1 is 0.702 bits per heavy atom. The molecule has 1 aromatic carbocycles. The molecule has 0 fully saturated rings. The number of aliphatic hydroxyl groups is 22. The average Bonchev–Trinajstić information content (AvgIpc) is 2.77. The van der Waals surface area contributed by atoms with Gasteiger partial charge < -0.3 is 132 Å². The molecule has 1 aromatic rings. The summed E-state index contributed by atoms with van der Waals surface area (Å²) in [7, 11) is 0. The number of hydrogen-bond acceptors (Lipinski definition) is 28. The first-order chi connectivity index (χ1) is 20.4. The second-order valence-corrected chi connectivity index (χ2v) is 9.99. The van der Waals surface area contributed by atoms with E-state index in [0.29, 0.717) is 0 Å². The summed E-state index contributed by atoms with van der Waals surface area (Å²) < 4.78 is 7.83. The third kappa shape index (κ3) is 6.14. The number of ether oxygens (including phenoxy) is 2. The van der Waals surface area contributed by atoms with Gasteiger partial charge in [0.15, 0.2) is 11.5 Å². The number of phenols is 2. The summed E-state index contributed by atoms with van der Waals surface area (Å²) in [6, 6.07) is 0. The predicted molar refractivity (Wildman–Crippen MR) is 122 cm³/mol. The van der Waals surface area contributed by atoms with Crippen LogP contribution in [0.2, 0.25) is 0 Å². The Bertz CT molecular complexity index is 1360. The van der Waals surface area contributed by atoms with Crippen LogP contribution in [0, 0.1) is 5.92 Å². The van der Waals surface area contributed by atoms with Crippen molar-refractivity contribution in [1.29, 1.82) is 0 Å². The number of nitrogens with zero attached hydrogens (tertiary/aromatic N) is 1. The van der Waals surface area contributed by atoms with Gasteiger partial charge in [-0.05, 0) is 6.92 Å². The number of rotatable bonds is 11. The minimum Gasteiger partial charge on any atom is -0.504 e. The number of benzene rings is 1. The van der Waals surface area contributed by atoms with E-state index in [2.05, 4.69) is 9.47 Å². The van der Waals surface area contributed by atoms with Crippen molar-refractivity contribution in [3.8, 4) is 23.0 Å². The van der Waals surface area contributed by atoms with Crippen molar-refractivity contribution in [3.05, 3.63) is 11.1 Å². The summed E-state index contributed by atoms with van der Waals surface area (Å²) in [6.07, 6.45) is -12.9. The molecule has 0 bridgehead atoms. The Hall–Kier alpha value is -2.83. The van der Waals surface area contributed by atoms with E-state index in [1.165, 1.54) is 0 Å². The summed E-state index contributed by atoms with van der Waals surface area (Å²) >= 11 is 0. The van der Waals surface area contributed by atoms with Crippen molar-refractivity contribution in [2.24, 2.45) is 5.92 Å². The van der Waals surface area contributed by atoms with E-state index < -0.39 is 110 Å². The van der Waals surface area contributed by atoms with Crippen LogP contribution in [0.1, 0.15) is 24.3 Å². The third-order valence-corrected chi connectivity index (χ3v) is 6.58. The molecule has 0 saturated carbocycles. The molecule has 0 aliphatic carbocycles. The van der Waals surface area contributed by atoms with Gasteiger partial charge >= 0.3 is 24.3 Å². The van der Waals surface area contributed by atoms with E-state index in [-0.39, 0.29) is 6.92 Å². The van der Waals surface area contributed by atoms with Crippen LogP contribution in [0.3, 0.4) is 0 Å². The molecule has 47 heavy (non-hydrogen) atoms. The lowest BCUT2D eigenvalue weighted by Crippen LogP contribution is -2.84. The van der Waals surface area contributed by atoms with Gasteiger partial charge in [-0.25, -0.2) is 0 Å². The first-order valence-corrected chi connectivity index (χ1v) is 11.5. The lowest BCUT2D eigenvalue weighted by Gasteiger charge is -2.57. The van der Waals surface area contributed by atoms with Crippen molar-refractivity contribution in [2.45, 2.75) is 66.4 Å². The van der Waals surface area contributed by atoms with Gasteiger partial charge in [0.1, 0.15) is 17.9 Å². The van der Waals surface area contributed by atoms with Gasteiger partial charge in [0.05, 0.1) is 11.1 Å². The van der Waals surface area contributed by atoms with E-state index in [1.807, 2.05) is 0 Å². The van der Waals surface area contributed by atoms with E-state index in [9.17, 15) is 96.7 Å². The van der Waals surface area contributed by atoms with E-state index >= 15 is 0 Å². The van der Waals surface area contributed by atoms with Crippen LogP contribution in [0.4, 0.5) is 0 Å². The quantitative estimate of drug-likeness (QED) is 0.0751. The molecule has 2 unspecified atom stereocenters. The molecule has 2 rings (SSSR count). The summed E-state index contributed by atoms with van der Waals surface area (Å²) in [5.74, 6) is -47.6. The summed E-state index contributed by atoms with van der Waals surface area (Å²) in [5.41, 5.74) is -9.96. The molecule has 0 saturated heterocycles. The van der Waals surface area contributed by atoms with Gasteiger partial charge in [-0.1, -0.05) is 0 Å². The van der Waals surface area contributed by atoms with E-state index in [0.717, 1.165) is 0 Å². The number of ketones is 1. The number of aromatic hydroxyl groups is 2. The van der Waals surface area contributed by atoms with Crippen LogP contribution >= 0.6 is 0 Å². The monoisotopic (exact) mass is 703 g/mol. The maximum absolute atomic E-state index is 12.5. The summed E-state index contributed by atoms with van der Waals surface area (Å²) in [5, 5.41) is 239. The number of carbonyl (C=O) groups is 1. The number of carbonyl (C=O) groups excluding carboxylic acids is 1. The molecule has 1 aliphatic rings. The molecule has 28 heteroatoms. The minimum absolute atomic E-state index is 0.0198. The van der Waals surface area contributed by atoms with Crippen LogP contribution in [-0.4, -0.2) is 181 Å². The fourth-order valence-electron chi connectivity index (χ4n) is 4.70. The number of phenolic OH excluding ortho intramolecular Hbond substituents is 2. The largest absolute Gasteiger partial charge is 0.504 e. The topological polar surface area (TPSA) is 524 Å². The zero-order valence-corrected chi connectivity index (χ0v) is 22.6. The maximum atomic E-state index is 12.5. The van der Waals surface area contributed by atoms with Gasteiger partial charge in [0, 0.05) is 0 Å². The Morgan fingerprint density at radius 3 is 1.38 bits per heavy atom. The van der Waals surface area contributed by atoms with E-state index in [4.69, 9.17) is 30.6 Å². The summed E-state index contributed by atoms with van der Waals surface area (Å²) in [4.78, 5) is 11.0. The molecular weight excluding hydrogens is 674 g/mol. The third-order valence-electron chi connectivity index (χ3n) is 6.58. The van der Waals surface area contributed by atoms with Crippen molar-refractivity contribution in [2.75, 3.05) is 0 Å². The molecule has 0 spiro atoms. The molecule has 28 nitrogen and oxygen atoms in total. The standard InChI is InChI=1S/C19H29NO27/c1-2(21)9(12(27,28)14(31,16(34,35)36)17(37,38)39)13(29,30)20-10(24)3-4(11(25,26)15(20,32)33)6(23)8(47-19(43,44)45)7(5(3)22)46-18(40,41)42/h9-10,22-45H,1H3. The van der Waals surface area contributed by atoms with Crippen LogP contribution in [0.15, 0.2) is 0 Å². The Balaban J connectivity index is 3.14. The van der Waals surface area contributed by atoms with Crippen LogP contribution in [0.25, 0.3) is 0 Å². The molecule has 0 aromatic heterocycles. The maximum Gasteiger partial charge on any atom is 0.453 e. The highest BCUT2D eigenvalue weighted by Gasteiger charge is 2.80. The Labute approximate surface area is 254 Å². The van der Waals surface area contributed by atoms with Crippen LogP contribution < -0.4 is 9.47 Å². The first kappa shape index (κ1) is 40.3. The Morgan fingerprint density at radius 2 is 1.06 bits per heavy atom. The van der Waals surface area contributed by atoms with Gasteiger partial charge in [-0.15, -0.1) is 0 Å². The number of hydrogen-bond donors (Lipinski definition) is 24. The smallest absolute Gasteiger partial charge is 0.453 e. The lowest BCUT2D eigenvalue weighted by molar-refractivity contribution is -0.560. The zero-order valence-electron chi connectivity index (χ0n) is 22.6. The predicted octanol–water partition coefficient (Wildman–Crippen LogP) is -13.4. The fraction of sp³-hybridized carbons (Fsp3) is 0.632. The van der Waals surface area contributed by atoms with Crippen molar-refractivity contribution in [3.63, 3.8) is 0 Å². The lowest BCUT2D eigenvalue weighted by atomic mass is 9.74. The average molecular weight is 703 g/mol. The van der Waals surface area contributed by atoms with Crippen LogP contribution in [-0.2, 0) is 10.6 Å². The second-order valence-electron chi connectivity index (χ2n) is 9.99. The molecule has 1 heterocycles. The number of aliphatic hydroxyl groups excluding tert-OH is 1. The van der Waals surface area contributed by atoms with E-state index in [1.54, 1.807) is 0 Å². The number of fused-ring (bicyclic) bond motifs is 1. The molecule has 0 amide bonds. The first-order valence-electron chi connectivity index (χ1n) is 11.5. The van der Waals surface area contributed by atoms with Crippen LogP contribution in [0.5, 0.6) is 23.0 Å². The highest BCUT2D eigenvalue weighted by atomic mass is 16.9. The summed E-state index contributed by atoms with van der Waals surface area (Å²) in [6.45, 7) is -0.0198. The fourth-order valence-corrected chi connectivity index (χ4v) is 4.70. The van der Waals surface area contributed by atoms with Crippen molar-refractivity contribution in [1.82, 2.24) is 4.90 Å².